The van der Waals surface area contributed by atoms with Crippen LogP contribution in [0.25, 0.3) is 0 Å². The Balaban J connectivity index is 4.40. The predicted molar refractivity (Wildman–Crippen MR) is 302 cm³/mol. The van der Waals surface area contributed by atoms with Gasteiger partial charge >= 0.3 is 17.9 Å². The standard InChI is InChI=1S/C64H114O6/c1-4-7-10-13-16-19-22-25-28-30-32-34-36-39-42-45-48-51-54-57-63(66)69-60-61(59-68-62(65)56-53-50-47-44-41-38-27-24-21-18-15-12-9-6-3)70-64(67)58-55-52-49-46-43-40-37-35-33-31-29-26-23-20-17-14-11-8-5-2/h16,19,24-25,27-28,32,34,39,42,61H,4-15,17-18,20-23,26,29-31,33,35-38,40-41,43-60H2,1-3H3/b19-16+,27-24+,28-25+,34-32+,42-39+/t61-/m1/s1. The van der Waals surface area contributed by atoms with Crippen molar-refractivity contribution in [3.05, 3.63) is 60.8 Å². The highest BCUT2D eigenvalue weighted by molar-refractivity contribution is 5.71. The number of carbonyl (C=O) groups excluding carboxylic acids is 3. The van der Waals surface area contributed by atoms with Crippen molar-refractivity contribution in [2.75, 3.05) is 13.2 Å². The van der Waals surface area contributed by atoms with E-state index in [4.69, 9.17) is 14.2 Å². The molecule has 0 saturated carbocycles. The fourth-order valence-electron chi connectivity index (χ4n) is 8.66. The van der Waals surface area contributed by atoms with Gasteiger partial charge in [-0.15, -0.1) is 0 Å². The molecule has 0 aromatic rings. The Kier molecular flexibility index (Phi) is 56.3. The van der Waals surface area contributed by atoms with Gasteiger partial charge in [0.2, 0.25) is 0 Å². The van der Waals surface area contributed by atoms with Crippen LogP contribution in [-0.4, -0.2) is 37.2 Å². The van der Waals surface area contributed by atoms with Crippen molar-refractivity contribution in [1.29, 1.82) is 0 Å². The molecule has 0 unspecified atom stereocenters. The zero-order valence-corrected chi connectivity index (χ0v) is 46.5. The number of rotatable bonds is 55. The van der Waals surface area contributed by atoms with E-state index in [1.54, 1.807) is 0 Å². The van der Waals surface area contributed by atoms with Gasteiger partial charge in [0.1, 0.15) is 13.2 Å². The van der Waals surface area contributed by atoms with E-state index in [2.05, 4.69) is 81.5 Å². The zero-order valence-electron chi connectivity index (χ0n) is 46.5. The van der Waals surface area contributed by atoms with Crippen LogP contribution < -0.4 is 0 Å². The van der Waals surface area contributed by atoms with E-state index >= 15 is 0 Å². The molecule has 70 heavy (non-hydrogen) atoms. The molecule has 0 saturated heterocycles. The maximum absolute atomic E-state index is 12.9. The van der Waals surface area contributed by atoms with Crippen molar-refractivity contribution >= 4 is 17.9 Å². The molecule has 0 aliphatic rings. The fraction of sp³-hybridized carbons (Fsp3) is 0.797. The Morgan fingerprint density at radius 1 is 0.286 bits per heavy atom. The van der Waals surface area contributed by atoms with E-state index in [-0.39, 0.29) is 31.1 Å². The summed E-state index contributed by atoms with van der Waals surface area (Å²) in [6, 6.07) is 0. The lowest BCUT2D eigenvalue weighted by molar-refractivity contribution is -0.167. The van der Waals surface area contributed by atoms with E-state index in [1.807, 2.05) is 0 Å². The van der Waals surface area contributed by atoms with Crippen LogP contribution in [0.4, 0.5) is 0 Å². The first-order chi connectivity index (χ1) is 34.5. The predicted octanol–water partition coefficient (Wildman–Crippen LogP) is 20.4. The van der Waals surface area contributed by atoms with E-state index in [0.717, 1.165) is 89.9 Å². The lowest BCUT2D eigenvalue weighted by atomic mass is 10.0. The summed E-state index contributed by atoms with van der Waals surface area (Å²) >= 11 is 0. The molecule has 6 heteroatoms. The van der Waals surface area contributed by atoms with E-state index in [0.29, 0.717) is 19.3 Å². The minimum atomic E-state index is -0.789. The third-order valence-electron chi connectivity index (χ3n) is 13.2. The van der Waals surface area contributed by atoms with Gasteiger partial charge < -0.3 is 14.2 Å². The summed E-state index contributed by atoms with van der Waals surface area (Å²) in [7, 11) is 0. The topological polar surface area (TPSA) is 78.9 Å². The Bertz CT molecular complexity index is 1260. The number of carbonyl (C=O) groups is 3. The third-order valence-corrected chi connectivity index (χ3v) is 13.2. The van der Waals surface area contributed by atoms with Gasteiger partial charge in [0, 0.05) is 19.3 Å². The molecule has 1 atom stereocenters. The van der Waals surface area contributed by atoms with Gasteiger partial charge in [-0.3, -0.25) is 14.4 Å². The van der Waals surface area contributed by atoms with Gasteiger partial charge in [0.25, 0.3) is 0 Å². The van der Waals surface area contributed by atoms with Crippen LogP contribution in [0.2, 0.25) is 0 Å². The van der Waals surface area contributed by atoms with Crippen LogP contribution in [-0.2, 0) is 28.6 Å². The van der Waals surface area contributed by atoms with E-state index < -0.39 is 6.10 Å². The molecule has 0 radical (unpaired) electrons. The monoisotopic (exact) mass is 979 g/mol. The number of hydrogen-bond donors (Lipinski definition) is 0. The smallest absolute Gasteiger partial charge is 0.306 e. The quantitative estimate of drug-likeness (QED) is 0.0261. The Hall–Kier alpha value is -2.89. The lowest BCUT2D eigenvalue weighted by Crippen LogP contribution is -2.30. The van der Waals surface area contributed by atoms with Crippen LogP contribution in [0, 0.1) is 0 Å². The molecular weight excluding hydrogens is 865 g/mol. The fourth-order valence-corrected chi connectivity index (χ4v) is 8.66. The molecule has 0 N–H and O–H groups in total. The van der Waals surface area contributed by atoms with Crippen LogP contribution >= 0.6 is 0 Å². The SMILES string of the molecule is CCCCC/C=C/C/C=C/C/C=C/C/C=C/CCCCCC(=O)OC[C@@H](COC(=O)CCCCCCC/C=C/CCCCCCC)OC(=O)CCCCCCCCCCCCCCCCCCCCC. The van der Waals surface area contributed by atoms with Gasteiger partial charge in [-0.05, 0) is 89.9 Å². The molecule has 0 amide bonds. The summed E-state index contributed by atoms with van der Waals surface area (Å²) in [6.07, 6.45) is 73.6. The highest BCUT2D eigenvalue weighted by Gasteiger charge is 2.19. The van der Waals surface area contributed by atoms with E-state index in [1.165, 1.54) is 180 Å². The average Bonchev–Trinajstić information content (AvgIpc) is 3.36. The molecule has 0 fully saturated rings. The van der Waals surface area contributed by atoms with E-state index in [9.17, 15) is 14.4 Å². The molecule has 0 heterocycles. The molecular formula is C64H114O6. The molecule has 0 aliphatic carbocycles. The summed E-state index contributed by atoms with van der Waals surface area (Å²) in [5.74, 6) is -0.910. The van der Waals surface area contributed by atoms with Crippen LogP contribution in [0.15, 0.2) is 60.8 Å². The number of hydrogen-bond acceptors (Lipinski definition) is 6. The number of ether oxygens (including phenoxy) is 3. The van der Waals surface area contributed by atoms with Gasteiger partial charge in [0.05, 0.1) is 0 Å². The molecule has 0 bridgehead atoms. The summed E-state index contributed by atoms with van der Waals surface area (Å²) in [6.45, 7) is 6.61. The summed E-state index contributed by atoms with van der Waals surface area (Å²) < 4.78 is 16.9. The second-order valence-electron chi connectivity index (χ2n) is 20.3. The van der Waals surface area contributed by atoms with Crippen LogP contribution in [0.1, 0.15) is 310 Å². The lowest BCUT2D eigenvalue weighted by Gasteiger charge is -2.18. The largest absolute Gasteiger partial charge is 0.462 e. The number of allylic oxidation sites excluding steroid dienone is 10. The third kappa shape index (κ3) is 56.0. The first-order valence-electron chi connectivity index (χ1n) is 30.3. The summed E-state index contributed by atoms with van der Waals surface area (Å²) in [4.78, 5) is 38.2. The van der Waals surface area contributed by atoms with Gasteiger partial charge in [-0.25, -0.2) is 0 Å². The van der Waals surface area contributed by atoms with Crippen molar-refractivity contribution in [3.63, 3.8) is 0 Å². The average molecular weight is 980 g/mol. The second kappa shape index (κ2) is 58.7. The normalized spacial score (nSPS) is 12.4. The highest BCUT2D eigenvalue weighted by atomic mass is 16.6. The van der Waals surface area contributed by atoms with Crippen molar-refractivity contribution in [2.24, 2.45) is 0 Å². The Morgan fingerprint density at radius 2 is 0.514 bits per heavy atom. The Morgan fingerprint density at radius 3 is 0.857 bits per heavy atom. The molecule has 0 rings (SSSR count). The van der Waals surface area contributed by atoms with Crippen molar-refractivity contribution in [2.45, 2.75) is 316 Å². The van der Waals surface area contributed by atoms with Crippen molar-refractivity contribution in [3.8, 4) is 0 Å². The van der Waals surface area contributed by atoms with Crippen LogP contribution in [0.5, 0.6) is 0 Å². The molecule has 6 nitrogen and oxygen atoms in total. The maximum atomic E-state index is 12.9. The Labute approximate surface area is 434 Å². The molecule has 0 spiro atoms. The molecule has 0 aromatic heterocycles. The maximum Gasteiger partial charge on any atom is 0.306 e. The zero-order chi connectivity index (χ0) is 50.7. The first-order valence-corrected chi connectivity index (χ1v) is 30.3. The van der Waals surface area contributed by atoms with Gasteiger partial charge in [-0.1, -0.05) is 261 Å². The minimum Gasteiger partial charge on any atom is -0.462 e. The second-order valence-corrected chi connectivity index (χ2v) is 20.3. The van der Waals surface area contributed by atoms with Crippen LogP contribution in [0.3, 0.4) is 0 Å². The van der Waals surface area contributed by atoms with Gasteiger partial charge in [-0.2, -0.15) is 0 Å². The summed E-state index contributed by atoms with van der Waals surface area (Å²) in [5.41, 5.74) is 0. The highest BCUT2D eigenvalue weighted by Crippen LogP contribution is 2.16. The minimum absolute atomic E-state index is 0.0862. The summed E-state index contributed by atoms with van der Waals surface area (Å²) in [5, 5.41) is 0. The van der Waals surface area contributed by atoms with Crippen molar-refractivity contribution in [1.82, 2.24) is 0 Å². The molecule has 406 valence electrons. The first kappa shape index (κ1) is 67.1. The number of esters is 3. The number of unbranched alkanes of at least 4 members (excludes halogenated alkanes) is 34. The molecule has 0 aliphatic heterocycles. The van der Waals surface area contributed by atoms with Crippen molar-refractivity contribution < 1.29 is 28.6 Å². The van der Waals surface area contributed by atoms with Gasteiger partial charge in [0.15, 0.2) is 6.10 Å². The molecule has 0 aromatic carbocycles.